The van der Waals surface area contributed by atoms with E-state index in [1.54, 1.807) is 7.05 Å². The lowest BCUT2D eigenvalue weighted by atomic mass is 10.2. The van der Waals surface area contributed by atoms with Crippen molar-refractivity contribution in [3.63, 3.8) is 0 Å². The zero-order valence-corrected chi connectivity index (χ0v) is 11.3. The van der Waals surface area contributed by atoms with E-state index in [9.17, 15) is 10.1 Å². The summed E-state index contributed by atoms with van der Waals surface area (Å²) in [5, 5.41) is 17.5. The Hall–Kier alpha value is -1.82. The smallest absolute Gasteiger partial charge is 0.269 e. The highest BCUT2D eigenvalue weighted by molar-refractivity contribution is 6.31. The third-order valence-electron chi connectivity index (χ3n) is 2.83. The molecule has 0 unspecified atom stereocenters. The molecule has 7 heteroatoms. The Labute approximate surface area is 116 Å². The van der Waals surface area contributed by atoms with Crippen LogP contribution in [0.15, 0.2) is 23.2 Å². The fraction of sp³-hybridized carbons (Fsp3) is 0.417. The average Bonchev–Trinajstić information content (AvgIpc) is 3.19. The van der Waals surface area contributed by atoms with Gasteiger partial charge < -0.3 is 10.6 Å². The van der Waals surface area contributed by atoms with Gasteiger partial charge in [0, 0.05) is 36.8 Å². The Morgan fingerprint density at radius 3 is 2.89 bits per heavy atom. The summed E-state index contributed by atoms with van der Waals surface area (Å²) in [6.45, 7) is 0.396. The van der Waals surface area contributed by atoms with Gasteiger partial charge in [-0.15, -0.1) is 0 Å². The summed E-state index contributed by atoms with van der Waals surface area (Å²) >= 11 is 6.02. The van der Waals surface area contributed by atoms with E-state index in [1.165, 1.54) is 18.2 Å². The van der Waals surface area contributed by atoms with E-state index in [-0.39, 0.29) is 5.69 Å². The number of non-ortho nitro benzene ring substituents is 1. The molecule has 2 rings (SSSR count). The fourth-order valence-electron chi connectivity index (χ4n) is 1.60. The maximum Gasteiger partial charge on any atom is 0.269 e. The van der Waals surface area contributed by atoms with Crippen LogP contribution in [0.25, 0.3) is 0 Å². The predicted octanol–water partition coefficient (Wildman–Crippen LogP) is 2.08. The van der Waals surface area contributed by atoms with Gasteiger partial charge in [-0.25, -0.2) is 0 Å². The van der Waals surface area contributed by atoms with Crippen LogP contribution in [0, 0.1) is 10.1 Å². The molecule has 19 heavy (non-hydrogen) atoms. The van der Waals surface area contributed by atoms with E-state index in [0.29, 0.717) is 29.1 Å². The summed E-state index contributed by atoms with van der Waals surface area (Å²) in [6, 6.07) is 4.89. The van der Waals surface area contributed by atoms with Gasteiger partial charge in [0.2, 0.25) is 0 Å². The first kappa shape index (κ1) is 13.6. The van der Waals surface area contributed by atoms with E-state index in [4.69, 9.17) is 11.6 Å². The second kappa shape index (κ2) is 5.88. The lowest BCUT2D eigenvalue weighted by Gasteiger charge is -2.11. The lowest BCUT2D eigenvalue weighted by Crippen LogP contribution is -2.38. The van der Waals surface area contributed by atoms with Crippen molar-refractivity contribution in [3.8, 4) is 0 Å². The molecule has 1 saturated carbocycles. The molecular formula is C12H15ClN4O2. The Morgan fingerprint density at radius 1 is 1.58 bits per heavy atom. The van der Waals surface area contributed by atoms with Crippen LogP contribution < -0.4 is 10.6 Å². The van der Waals surface area contributed by atoms with Crippen molar-refractivity contribution in [2.24, 2.45) is 4.99 Å². The molecule has 0 saturated heterocycles. The second-order valence-corrected chi connectivity index (χ2v) is 4.78. The number of halogens is 1. The Bertz CT molecular complexity index is 514. The number of nitrogens with zero attached hydrogens (tertiary/aromatic N) is 2. The normalized spacial score (nSPS) is 15.2. The van der Waals surface area contributed by atoms with Gasteiger partial charge in [-0.1, -0.05) is 11.6 Å². The third kappa shape index (κ3) is 3.82. The van der Waals surface area contributed by atoms with Crippen LogP contribution in [0.3, 0.4) is 0 Å². The number of rotatable bonds is 4. The summed E-state index contributed by atoms with van der Waals surface area (Å²) in [5.41, 5.74) is 0.709. The minimum Gasteiger partial charge on any atom is -0.354 e. The molecule has 0 radical (unpaired) electrons. The molecule has 0 bridgehead atoms. The summed E-state index contributed by atoms with van der Waals surface area (Å²) in [7, 11) is 1.69. The second-order valence-electron chi connectivity index (χ2n) is 4.38. The van der Waals surface area contributed by atoms with Crippen LogP contribution in [0.5, 0.6) is 0 Å². The molecule has 6 nitrogen and oxygen atoms in total. The lowest BCUT2D eigenvalue weighted by molar-refractivity contribution is -0.384. The van der Waals surface area contributed by atoms with Gasteiger partial charge in [0.25, 0.3) is 5.69 Å². The molecule has 2 N–H and O–H groups in total. The number of benzene rings is 1. The van der Waals surface area contributed by atoms with Crippen molar-refractivity contribution in [2.75, 3.05) is 7.05 Å². The summed E-state index contributed by atoms with van der Waals surface area (Å²) < 4.78 is 0. The minimum atomic E-state index is -0.433. The topological polar surface area (TPSA) is 79.6 Å². The number of nitro benzene ring substituents is 1. The first-order valence-corrected chi connectivity index (χ1v) is 6.38. The Balaban J connectivity index is 2.01. The van der Waals surface area contributed by atoms with Crippen molar-refractivity contribution < 1.29 is 4.92 Å². The van der Waals surface area contributed by atoms with E-state index in [2.05, 4.69) is 15.6 Å². The monoisotopic (exact) mass is 282 g/mol. The zero-order valence-electron chi connectivity index (χ0n) is 10.5. The van der Waals surface area contributed by atoms with Gasteiger partial charge in [0.05, 0.1) is 4.92 Å². The molecule has 102 valence electrons. The maximum absolute atomic E-state index is 10.7. The highest BCUT2D eigenvalue weighted by Crippen LogP contribution is 2.22. The van der Waals surface area contributed by atoms with E-state index in [1.807, 2.05) is 0 Å². The molecule has 1 aliphatic carbocycles. The van der Waals surface area contributed by atoms with Gasteiger partial charge in [-0.05, 0) is 24.5 Å². The van der Waals surface area contributed by atoms with Gasteiger partial charge in [-0.3, -0.25) is 15.1 Å². The van der Waals surface area contributed by atoms with Gasteiger partial charge >= 0.3 is 0 Å². The molecular weight excluding hydrogens is 268 g/mol. The molecule has 0 aliphatic heterocycles. The number of aliphatic imine (C=N–C) groups is 1. The van der Waals surface area contributed by atoms with Crippen LogP contribution in [-0.4, -0.2) is 24.0 Å². The van der Waals surface area contributed by atoms with Crippen LogP contribution in [0.2, 0.25) is 5.02 Å². The van der Waals surface area contributed by atoms with Crippen molar-refractivity contribution in [1.29, 1.82) is 0 Å². The van der Waals surface area contributed by atoms with Gasteiger partial charge in [0.15, 0.2) is 5.96 Å². The van der Waals surface area contributed by atoms with E-state index >= 15 is 0 Å². The van der Waals surface area contributed by atoms with Crippen molar-refractivity contribution in [1.82, 2.24) is 10.6 Å². The van der Waals surface area contributed by atoms with Crippen LogP contribution in [-0.2, 0) is 6.54 Å². The minimum absolute atomic E-state index is 0.0336. The van der Waals surface area contributed by atoms with E-state index in [0.717, 1.165) is 12.8 Å². The first-order chi connectivity index (χ1) is 9.10. The summed E-state index contributed by atoms with van der Waals surface area (Å²) in [4.78, 5) is 14.4. The zero-order chi connectivity index (χ0) is 13.8. The van der Waals surface area contributed by atoms with E-state index < -0.39 is 4.92 Å². The quantitative estimate of drug-likeness (QED) is 0.383. The number of guanidine groups is 1. The molecule has 1 aromatic rings. The van der Waals surface area contributed by atoms with Crippen molar-refractivity contribution in [2.45, 2.75) is 25.4 Å². The number of hydrogen-bond donors (Lipinski definition) is 2. The SMILES string of the molecule is CN=C(NCc1cc([N+](=O)[O-])ccc1Cl)NC1CC1. The average molecular weight is 283 g/mol. The summed E-state index contributed by atoms with van der Waals surface area (Å²) in [5.74, 6) is 0.685. The molecule has 1 aliphatic rings. The highest BCUT2D eigenvalue weighted by atomic mass is 35.5. The molecule has 0 amide bonds. The van der Waals surface area contributed by atoms with Gasteiger partial charge in [-0.2, -0.15) is 0 Å². The summed E-state index contributed by atoms with van der Waals surface area (Å²) in [6.07, 6.45) is 2.30. The fourth-order valence-corrected chi connectivity index (χ4v) is 1.79. The Kier molecular flexibility index (Phi) is 4.21. The standard InChI is InChI=1S/C12H15ClN4O2/c1-14-12(16-9-2-3-9)15-7-8-6-10(17(18)19)4-5-11(8)13/h4-6,9H,2-3,7H2,1H3,(H2,14,15,16). The largest absolute Gasteiger partial charge is 0.354 e. The van der Waals surface area contributed by atoms with Crippen molar-refractivity contribution in [3.05, 3.63) is 38.9 Å². The third-order valence-corrected chi connectivity index (χ3v) is 3.20. The molecule has 0 spiro atoms. The van der Waals surface area contributed by atoms with Crippen molar-refractivity contribution >= 4 is 23.2 Å². The molecule has 1 fully saturated rings. The molecule has 0 atom stereocenters. The number of hydrogen-bond acceptors (Lipinski definition) is 3. The van der Waals surface area contributed by atoms with Crippen LogP contribution in [0.4, 0.5) is 5.69 Å². The predicted molar refractivity (Wildman–Crippen MR) is 74.5 cm³/mol. The first-order valence-electron chi connectivity index (χ1n) is 6.00. The maximum atomic E-state index is 10.7. The molecule has 1 aromatic carbocycles. The van der Waals surface area contributed by atoms with Crippen LogP contribution in [0.1, 0.15) is 18.4 Å². The van der Waals surface area contributed by atoms with Gasteiger partial charge in [0.1, 0.15) is 0 Å². The number of nitrogens with one attached hydrogen (secondary N) is 2. The molecule has 0 aromatic heterocycles. The van der Waals surface area contributed by atoms with Crippen LogP contribution >= 0.6 is 11.6 Å². The Morgan fingerprint density at radius 2 is 2.32 bits per heavy atom. The number of nitro groups is 1. The molecule has 0 heterocycles. The highest BCUT2D eigenvalue weighted by Gasteiger charge is 2.22.